The Bertz CT molecular complexity index is 494. The van der Waals surface area contributed by atoms with Crippen molar-refractivity contribution in [2.45, 2.75) is 6.42 Å². The van der Waals surface area contributed by atoms with Crippen molar-refractivity contribution in [3.8, 4) is 0 Å². The molecule has 1 aromatic rings. The number of amides is 1. The fraction of sp³-hybridized carbons (Fsp3) is 0.533. The fourth-order valence-electron chi connectivity index (χ4n) is 3.22. The van der Waals surface area contributed by atoms with Crippen LogP contribution in [0.25, 0.3) is 0 Å². The monoisotopic (exact) mass is 385 g/mol. The van der Waals surface area contributed by atoms with Crippen LogP contribution in [0.5, 0.6) is 0 Å². The lowest BCUT2D eigenvalue weighted by Gasteiger charge is -2.33. The Morgan fingerprint density at radius 3 is 3.10 bits per heavy atom. The predicted molar refractivity (Wildman–Crippen MR) is 88.7 cm³/mol. The molecule has 0 saturated carbocycles. The first-order valence-electron chi connectivity index (χ1n) is 7.19. The van der Waals surface area contributed by atoms with Crippen LogP contribution in [-0.4, -0.2) is 43.5 Å². The highest BCUT2D eigenvalue weighted by Crippen LogP contribution is 2.26. The topological polar surface area (TPSA) is 44.4 Å². The van der Waals surface area contributed by atoms with Gasteiger partial charge in [0, 0.05) is 15.8 Å². The number of carbonyl (C=O) groups is 1. The number of halogens is 1. The smallest absolute Gasteiger partial charge is 0.238 e. The Morgan fingerprint density at radius 1 is 1.40 bits per heavy atom. The number of carbonyl (C=O) groups excluding carboxylic acids is 1. The average Bonchev–Trinajstić information content (AvgIpc) is 2.86. The third-order valence-corrected chi connectivity index (χ3v) is 4.94. The molecule has 2 aliphatic rings. The molecule has 2 aliphatic heterocycles. The van der Waals surface area contributed by atoms with Gasteiger partial charge in [-0.15, -0.1) is 0 Å². The molecule has 2 atom stereocenters. The molecule has 2 N–H and O–H groups in total. The number of hydrogen-bond acceptors (Lipinski definition) is 3. The maximum Gasteiger partial charge on any atom is 0.238 e. The van der Waals surface area contributed by atoms with Gasteiger partial charge in [0.15, 0.2) is 0 Å². The molecule has 0 bridgehead atoms. The summed E-state index contributed by atoms with van der Waals surface area (Å²) in [5.41, 5.74) is 0.888. The van der Waals surface area contributed by atoms with Crippen LogP contribution < -0.4 is 10.6 Å². The van der Waals surface area contributed by atoms with Gasteiger partial charge in [-0.3, -0.25) is 9.69 Å². The lowest BCUT2D eigenvalue weighted by molar-refractivity contribution is -0.117. The molecule has 4 nitrogen and oxygen atoms in total. The van der Waals surface area contributed by atoms with Crippen LogP contribution >= 0.6 is 22.6 Å². The first-order chi connectivity index (χ1) is 9.70. The molecule has 2 saturated heterocycles. The summed E-state index contributed by atoms with van der Waals surface area (Å²) in [4.78, 5) is 14.4. The van der Waals surface area contributed by atoms with Crippen LogP contribution in [0.1, 0.15) is 6.42 Å². The van der Waals surface area contributed by atoms with Crippen molar-refractivity contribution in [2.24, 2.45) is 11.8 Å². The molecule has 0 aliphatic carbocycles. The van der Waals surface area contributed by atoms with Crippen LogP contribution in [-0.2, 0) is 4.79 Å². The van der Waals surface area contributed by atoms with E-state index >= 15 is 0 Å². The average molecular weight is 385 g/mol. The van der Waals surface area contributed by atoms with E-state index in [1.54, 1.807) is 0 Å². The van der Waals surface area contributed by atoms with Crippen LogP contribution in [0.3, 0.4) is 0 Å². The van der Waals surface area contributed by atoms with Gasteiger partial charge >= 0.3 is 0 Å². The van der Waals surface area contributed by atoms with E-state index in [4.69, 9.17) is 0 Å². The van der Waals surface area contributed by atoms with Crippen LogP contribution in [0, 0.1) is 15.4 Å². The second-order valence-electron chi connectivity index (χ2n) is 5.76. The number of fused-ring (bicyclic) bond motifs is 1. The van der Waals surface area contributed by atoms with E-state index in [-0.39, 0.29) is 5.91 Å². The zero-order valence-corrected chi connectivity index (χ0v) is 13.6. The summed E-state index contributed by atoms with van der Waals surface area (Å²) >= 11 is 2.26. The van der Waals surface area contributed by atoms with Gasteiger partial charge in [-0.05, 0) is 78.7 Å². The summed E-state index contributed by atoms with van der Waals surface area (Å²) in [6.07, 6.45) is 1.22. The van der Waals surface area contributed by atoms with Gasteiger partial charge in [-0.1, -0.05) is 6.07 Å². The number of piperidine rings is 1. The van der Waals surface area contributed by atoms with Gasteiger partial charge < -0.3 is 10.6 Å². The number of benzene rings is 1. The SMILES string of the molecule is O=C(CN1CCC2CNCC2C1)Nc1cccc(I)c1. The van der Waals surface area contributed by atoms with Gasteiger partial charge in [0.1, 0.15) is 0 Å². The lowest BCUT2D eigenvalue weighted by Crippen LogP contribution is -2.43. The molecular weight excluding hydrogens is 365 g/mol. The van der Waals surface area contributed by atoms with E-state index in [0.29, 0.717) is 6.54 Å². The lowest BCUT2D eigenvalue weighted by atomic mass is 9.89. The Balaban J connectivity index is 1.51. The van der Waals surface area contributed by atoms with E-state index in [1.165, 1.54) is 6.42 Å². The molecule has 2 fully saturated rings. The van der Waals surface area contributed by atoms with Crippen molar-refractivity contribution in [2.75, 3.05) is 38.0 Å². The van der Waals surface area contributed by atoms with E-state index < -0.39 is 0 Å². The molecular formula is C15H20IN3O. The minimum Gasteiger partial charge on any atom is -0.325 e. The van der Waals surface area contributed by atoms with Crippen molar-refractivity contribution in [3.63, 3.8) is 0 Å². The van der Waals surface area contributed by atoms with E-state index in [2.05, 4.69) is 38.1 Å². The maximum atomic E-state index is 12.1. The normalized spacial score (nSPS) is 26.2. The zero-order chi connectivity index (χ0) is 13.9. The molecule has 5 heteroatoms. The highest BCUT2D eigenvalue weighted by molar-refractivity contribution is 14.1. The largest absolute Gasteiger partial charge is 0.325 e. The Labute approximate surface area is 133 Å². The standard InChI is InChI=1S/C15H20IN3O/c16-13-2-1-3-14(6-13)18-15(20)10-19-5-4-11-7-17-8-12(11)9-19/h1-3,6,11-12,17H,4-5,7-10H2,(H,18,20). The summed E-state index contributed by atoms with van der Waals surface area (Å²) in [5.74, 6) is 1.65. The van der Waals surface area contributed by atoms with Crippen LogP contribution in [0.2, 0.25) is 0 Å². The molecule has 2 heterocycles. The van der Waals surface area contributed by atoms with Crippen molar-refractivity contribution in [1.82, 2.24) is 10.2 Å². The van der Waals surface area contributed by atoms with Crippen molar-refractivity contribution >= 4 is 34.2 Å². The number of likely N-dealkylation sites (tertiary alicyclic amines) is 1. The predicted octanol–water partition coefficient (Wildman–Crippen LogP) is 1.77. The van der Waals surface area contributed by atoms with Crippen LogP contribution in [0.4, 0.5) is 5.69 Å². The molecule has 1 amide bonds. The molecule has 0 radical (unpaired) electrons. The summed E-state index contributed by atoms with van der Waals surface area (Å²) in [5, 5.41) is 6.44. The molecule has 3 rings (SSSR count). The van der Waals surface area contributed by atoms with Gasteiger partial charge in [-0.2, -0.15) is 0 Å². The second kappa shape index (κ2) is 6.41. The molecule has 2 unspecified atom stereocenters. The van der Waals surface area contributed by atoms with Crippen molar-refractivity contribution < 1.29 is 4.79 Å². The van der Waals surface area contributed by atoms with Gasteiger partial charge in [0.05, 0.1) is 6.54 Å². The molecule has 0 aromatic heterocycles. The van der Waals surface area contributed by atoms with Crippen LogP contribution in [0.15, 0.2) is 24.3 Å². The quantitative estimate of drug-likeness (QED) is 0.780. The van der Waals surface area contributed by atoms with Gasteiger partial charge in [0.2, 0.25) is 5.91 Å². The number of anilines is 1. The van der Waals surface area contributed by atoms with E-state index in [0.717, 1.165) is 47.3 Å². The molecule has 1 aromatic carbocycles. The molecule has 20 heavy (non-hydrogen) atoms. The Kier molecular flexibility index (Phi) is 4.58. The number of nitrogens with zero attached hydrogens (tertiary/aromatic N) is 1. The number of nitrogens with one attached hydrogen (secondary N) is 2. The summed E-state index contributed by atoms with van der Waals surface area (Å²) in [6, 6.07) is 7.92. The third-order valence-electron chi connectivity index (χ3n) is 4.26. The molecule has 108 valence electrons. The van der Waals surface area contributed by atoms with Crippen molar-refractivity contribution in [1.29, 1.82) is 0 Å². The minimum absolute atomic E-state index is 0.0939. The second-order valence-corrected chi connectivity index (χ2v) is 7.01. The maximum absolute atomic E-state index is 12.1. The summed E-state index contributed by atoms with van der Waals surface area (Å²) in [7, 11) is 0. The fourth-order valence-corrected chi connectivity index (χ4v) is 3.77. The first kappa shape index (κ1) is 14.3. The van der Waals surface area contributed by atoms with Gasteiger partial charge in [0.25, 0.3) is 0 Å². The molecule has 0 spiro atoms. The minimum atomic E-state index is 0.0939. The highest BCUT2D eigenvalue weighted by atomic mass is 127. The highest BCUT2D eigenvalue weighted by Gasteiger charge is 2.33. The Morgan fingerprint density at radius 2 is 2.25 bits per heavy atom. The third kappa shape index (κ3) is 3.51. The zero-order valence-electron chi connectivity index (χ0n) is 11.4. The first-order valence-corrected chi connectivity index (χ1v) is 8.27. The number of hydrogen-bond donors (Lipinski definition) is 2. The summed E-state index contributed by atoms with van der Waals surface area (Å²) < 4.78 is 1.14. The van der Waals surface area contributed by atoms with E-state index in [9.17, 15) is 4.79 Å². The number of rotatable bonds is 3. The van der Waals surface area contributed by atoms with Gasteiger partial charge in [-0.25, -0.2) is 0 Å². The Hall–Kier alpha value is -0.660. The van der Waals surface area contributed by atoms with Crippen molar-refractivity contribution in [3.05, 3.63) is 27.8 Å². The summed E-state index contributed by atoms with van der Waals surface area (Å²) in [6.45, 7) is 4.88. The van der Waals surface area contributed by atoms with E-state index in [1.807, 2.05) is 24.3 Å².